The van der Waals surface area contributed by atoms with Crippen molar-refractivity contribution in [1.82, 2.24) is 15.1 Å². The van der Waals surface area contributed by atoms with Crippen molar-refractivity contribution in [2.24, 2.45) is 0 Å². The standard InChI is InChI=1S/C22H33FN4O3/c23-20-8-4-5-9-21(20)27(17-28)15-19(29)14-25-10-12-26(13-11-25)16-22(30)24-18-6-2-1-3-7-18/h4-5,8-9,17-19,29H,1-3,6-7,10-16H2,(H,24,30). The molecule has 1 aromatic rings. The Morgan fingerprint density at radius 1 is 1.17 bits per heavy atom. The average molecular weight is 421 g/mol. The van der Waals surface area contributed by atoms with E-state index in [0.717, 1.165) is 39.0 Å². The first-order valence-corrected chi connectivity index (χ1v) is 10.9. The molecule has 1 atom stereocenters. The van der Waals surface area contributed by atoms with Gasteiger partial charge in [-0.3, -0.25) is 19.4 Å². The Balaban J connectivity index is 1.38. The van der Waals surface area contributed by atoms with Crippen molar-refractivity contribution >= 4 is 18.0 Å². The number of aliphatic hydroxyl groups excluding tert-OH is 1. The van der Waals surface area contributed by atoms with E-state index in [9.17, 15) is 19.1 Å². The maximum absolute atomic E-state index is 13.9. The van der Waals surface area contributed by atoms with Crippen molar-refractivity contribution in [3.8, 4) is 0 Å². The third kappa shape index (κ3) is 6.75. The van der Waals surface area contributed by atoms with Gasteiger partial charge in [0, 0.05) is 38.8 Å². The normalized spacial score (nSPS) is 19.9. The molecule has 2 amide bonds. The van der Waals surface area contributed by atoms with Crippen LogP contribution in [0.15, 0.2) is 24.3 Å². The molecule has 166 valence electrons. The zero-order valence-electron chi connectivity index (χ0n) is 17.5. The van der Waals surface area contributed by atoms with E-state index in [4.69, 9.17) is 0 Å². The van der Waals surface area contributed by atoms with Crippen LogP contribution in [0.4, 0.5) is 10.1 Å². The first-order chi connectivity index (χ1) is 14.5. The van der Waals surface area contributed by atoms with E-state index < -0.39 is 11.9 Å². The minimum absolute atomic E-state index is 0.0362. The summed E-state index contributed by atoms with van der Waals surface area (Å²) in [6.07, 6.45) is 5.60. The number of benzene rings is 1. The lowest BCUT2D eigenvalue weighted by molar-refractivity contribution is -0.123. The molecule has 1 aromatic carbocycles. The van der Waals surface area contributed by atoms with E-state index in [1.54, 1.807) is 12.1 Å². The zero-order valence-corrected chi connectivity index (χ0v) is 17.5. The molecule has 0 spiro atoms. The zero-order chi connectivity index (χ0) is 21.3. The predicted molar refractivity (Wildman–Crippen MR) is 114 cm³/mol. The summed E-state index contributed by atoms with van der Waals surface area (Å²) < 4.78 is 13.9. The Morgan fingerprint density at radius 2 is 1.83 bits per heavy atom. The summed E-state index contributed by atoms with van der Waals surface area (Å²) in [5, 5.41) is 13.6. The molecule has 30 heavy (non-hydrogen) atoms. The van der Waals surface area contributed by atoms with E-state index in [1.807, 2.05) is 0 Å². The SMILES string of the molecule is O=CN(CC(O)CN1CCN(CC(=O)NC2CCCCC2)CC1)c1ccccc1F. The van der Waals surface area contributed by atoms with Crippen LogP contribution in [0.2, 0.25) is 0 Å². The van der Waals surface area contributed by atoms with Gasteiger partial charge in [0.1, 0.15) is 5.82 Å². The Labute approximate surface area is 177 Å². The molecular weight excluding hydrogens is 387 g/mol. The molecule has 2 fully saturated rings. The van der Waals surface area contributed by atoms with Crippen molar-refractivity contribution in [3.63, 3.8) is 0 Å². The van der Waals surface area contributed by atoms with Crippen LogP contribution in [0, 0.1) is 5.82 Å². The summed E-state index contributed by atoms with van der Waals surface area (Å²) in [6.45, 7) is 3.86. The fourth-order valence-electron chi connectivity index (χ4n) is 4.32. The third-order valence-corrected chi connectivity index (χ3v) is 5.97. The largest absolute Gasteiger partial charge is 0.390 e. The first kappa shape index (κ1) is 22.7. The Hall–Kier alpha value is -2.03. The summed E-state index contributed by atoms with van der Waals surface area (Å²) >= 11 is 0. The predicted octanol–water partition coefficient (Wildman–Crippen LogP) is 1.22. The number of carbonyl (C=O) groups excluding carboxylic acids is 2. The number of hydrogen-bond donors (Lipinski definition) is 2. The van der Waals surface area contributed by atoms with Crippen molar-refractivity contribution < 1.29 is 19.1 Å². The fraction of sp³-hybridized carbons (Fsp3) is 0.636. The van der Waals surface area contributed by atoms with E-state index in [-0.39, 0.29) is 18.1 Å². The van der Waals surface area contributed by atoms with E-state index in [2.05, 4.69) is 15.1 Å². The molecule has 2 aliphatic rings. The van der Waals surface area contributed by atoms with Crippen LogP contribution in [-0.4, -0.2) is 85.2 Å². The van der Waals surface area contributed by atoms with Gasteiger partial charge in [-0.25, -0.2) is 4.39 Å². The van der Waals surface area contributed by atoms with Gasteiger partial charge >= 0.3 is 0 Å². The molecule has 1 aliphatic carbocycles. The maximum atomic E-state index is 13.9. The lowest BCUT2D eigenvalue weighted by Gasteiger charge is -2.36. The molecular formula is C22H33FN4O3. The second-order valence-electron chi connectivity index (χ2n) is 8.34. The van der Waals surface area contributed by atoms with Crippen molar-refractivity contribution in [3.05, 3.63) is 30.1 Å². The molecule has 1 heterocycles. The molecule has 8 heteroatoms. The number of nitrogens with zero attached hydrogens (tertiary/aromatic N) is 3. The van der Waals surface area contributed by atoms with Gasteiger partial charge in [0.15, 0.2) is 0 Å². The van der Waals surface area contributed by atoms with Gasteiger partial charge in [0.05, 0.1) is 24.9 Å². The Kier molecular flexibility index (Phi) is 8.60. The number of aliphatic hydroxyl groups is 1. The maximum Gasteiger partial charge on any atom is 0.234 e. The summed E-state index contributed by atoms with van der Waals surface area (Å²) in [6, 6.07) is 6.37. The molecule has 7 nitrogen and oxygen atoms in total. The van der Waals surface area contributed by atoms with Crippen LogP contribution < -0.4 is 10.2 Å². The van der Waals surface area contributed by atoms with Gasteiger partial charge in [-0.15, -0.1) is 0 Å². The number of para-hydroxylation sites is 1. The van der Waals surface area contributed by atoms with Crippen LogP contribution in [0.5, 0.6) is 0 Å². The molecule has 0 radical (unpaired) electrons. The monoisotopic (exact) mass is 420 g/mol. The van der Waals surface area contributed by atoms with Gasteiger partial charge < -0.3 is 15.3 Å². The highest BCUT2D eigenvalue weighted by Gasteiger charge is 2.23. The molecule has 1 saturated carbocycles. The minimum Gasteiger partial charge on any atom is -0.390 e. The Morgan fingerprint density at radius 3 is 2.50 bits per heavy atom. The number of piperazine rings is 1. The summed E-state index contributed by atoms with van der Waals surface area (Å²) in [5.74, 6) is -0.390. The fourth-order valence-corrected chi connectivity index (χ4v) is 4.32. The number of amides is 2. The van der Waals surface area contributed by atoms with Gasteiger partial charge in [-0.1, -0.05) is 31.4 Å². The summed E-state index contributed by atoms with van der Waals surface area (Å²) in [5.41, 5.74) is 0.167. The molecule has 0 aromatic heterocycles. The molecule has 1 unspecified atom stereocenters. The number of carbonyl (C=O) groups is 2. The number of anilines is 1. The van der Waals surface area contributed by atoms with Crippen LogP contribution in [0.25, 0.3) is 0 Å². The highest BCUT2D eigenvalue weighted by molar-refractivity contribution is 5.78. The second-order valence-corrected chi connectivity index (χ2v) is 8.34. The number of halogens is 1. The minimum atomic E-state index is -0.782. The van der Waals surface area contributed by atoms with Crippen LogP contribution in [-0.2, 0) is 9.59 Å². The van der Waals surface area contributed by atoms with Crippen LogP contribution in [0.3, 0.4) is 0 Å². The topological polar surface area (TPSA) is 76.1 Å². The molecule has 0 bridgehead atoms. The number of hydrogen-bond acceptors (Lipinski definition) is 5. The molecule has 2 N–H and O–H groups in total. The first-order valence-electron chi connectivity index (χ1n) is 10.9. The molecule has 1 saturated heterocycles. The van der Waals surface area contributed by atoms with E-state index >= 15 is 0 Å². The number of β-amino-alcohol motifs (C(OH)–C–C–N with tert-alkyl or cyclic N) is 1. The number of rotatable bonds is 9. The number of nitrogens with one attached hydrogen (secondary N) is 1. The second kappa shape index (κ2) is 11.4. The van der Waals surface area contributed by atoms with Crippen LogP contribution in [0.1, 0.15) is 32.1 Å². The van der Waals surface area contributed by atoms with Crippen LogP contribution >= 0.6 is 0 Å². The van der Waals surface area contributed by atoms with Crippen molar-refractivity contribution in [2.45, 2.75) is 44.2 Å². The molecule has 1 aliphatic heterocycles. The summed E-state index contributed by atoms with van der Waals surface area (Å²) in [7, 11) is 0. The van der Waals surface area contributed by atoms with E-state index in [1.165, 1.54) is 36.3 Å². The van der Waals surface area contributed by atoms with Crippen molar-refractivity contribution in [1.29, 1.82) is 0 Å². The molecule has 3 rings (SSSR count). The van der Waals surface area contributed by atoms with E-state index in [0.29, 0.717) is 25.5 Å². The summed E-state index contributed by atoms with van der Waals surface area (Å²) in [4.78, 5) is 29.1. The van der Waals surface area contributed by atoms with Gasteiger partial charge in [-0.05, 0) is 25.0 Å². The lowest BCUT2D eigenvalue weighted by Crippen LogP contribution is -2.52. The Bertz CT molecular complexity index is 691. The quantitative estimate of drug-likeness (QED) is 0.588. The highest BCUT2D eigenvalue weighted by Crippen LogP contribution is 2.18. The van der Waals surface area contributed by atoms with Gasteiger partial charge in [0.2, 0.25) is 12.3 Å². The van der Waals surface area contributed by atoms with Gasteiger partial charge in [-0.2, -0.15) is 0 Å². The third-order valence-electron chi connectivity index (χ3n) is 5.97. The van der Waals surface area contributed by atoms with Gasteiger partial charge in [0.25, 0.3) is 0 Å². The van der Waals surface area contributed by atoms with Crippen molar-refractivity contribution in [2.75, 3.05) is 50.7 Å². The lowest BCUT2D eigenvalue weighted by atomic mass is 9.95. The highest BCUT2D eigenvalue weighted by atomic mass is 19.1. The average Bonchev–Trinajstić information content (AvgIpc) is 2.75. The smallest absolute Gasteiger partial charge is 0.234 e.